The van der Waals surface area contributed by atoms with Gasteiger partial charge in [0.2, 0.25) is 5.95 Å². The van der Waals surface area contributed by atoms with E-state index in [1.807, 2.05) is 43.0 Å². The molecule has 1 amide bonds. The smallest absolute Gasteiger partial charge is 0.419 e. The number of hydrogen-bond donors (Lipinski definition) is 0. The van der Waals surface area contributed by atoms with Crippen molar-refractivity contribution < 1.29 is 22.7 Å². The van der Waals surface area contributed by atoms with Crippen molar-refractivity contribution in [2.24, 2.45) is 5.41 Å². The first-order valence-electron chi connectivity index (χ1n) is 12.1. The molecule has 0 unspecified atom stereocenters. The first-order valence-corrected chi connectivity index (χ1v) is 12.5. The lowest BCUT2D eigenvalue weighted by Crippen LogP contribution is -2.64. The van der Waals surface area contributed by atoms with Crippen LogP contribution < -0.4 is 4.90 Å². The molecule has 0 N–H and O–H groups in total. The highest BCUT2D eigenvalue weighted by molar-refractivity contribution is 6.30. The number of aromatic nitrogens is 2. The van der Waals surface area contributed by atoms with Gasteiger partial charge in [-0.3, -0.25) is 4.90 Å². The summed E-state index contributed by atoms with van der Waals surface area (Å²) in [6, 6.07) is 7.56. The number of hydrogen-bond acceptors (Lipinski definition) is 6. The Morgan fingerprint density at radius 1 is 1.08 bits per heavy atom. The summed E-state index contributed by atoms with van der Waals surface area (Å²) in [5.74, 6) is 0.226. The molecule has 1 aromatic carbocycles. The Morgan fingerprint density at radius 2 is 1.72 bits per heavy atom. The number of benzene rings is 1. The van der Waals surface area contributed by atoms with E-state index in [2.05, 4.69) is 14.9 Å². The number of nitrogens with zero attached hydrogens (tertiary/aromatic N) is 5. The Labute approximate surface area is 213 Å². The number of piperazine rings is 1. The van der Waals surface area contributed by atoms with Gasteiger partial charge in [-0.05, 0) is 44.4 Å². The molecule has 11 heteroatoms. The fourth-order valence-electron chi connectivity index (χ4n) is 5.60. The zero-order chi connectivity index (χ0) is 25.7. The summed E-state index contributed by atoms with van der Waals surface area (Å²) in [4.78, 5) is 26.7. The maximum atomic E-state index is 12.9. The van der Waals surface area contributed by atoms with Crippen LogP contribution in [0.3, 0.4) is 0 Å². The molecule has 2 aliphatic heterocycles. The zero-order valence-corrected chi connectivity index (χ0v) is 21.0. The van der Waals surface area contributed by atoms with Crippen LogP contribution >= 0.6 is 11.6 Å². The second-order valence-corrected chi connectivity index (χ2v) is 10.9. The third kappa shape index (κ3) is 5.11. The highest BCUT2D eigenvalue weighted by atomic mass is 35.5. The van der Waals surface area contributed by atoms with Crippen LogP contribution in [0.1, 0.15) is 37.8 Å². The Bertz CT molecular complexity index is 1080. The third-order valence-corrected chi connectivity index (χ3v) is 7.72. The summed E-state index contributed by atoms with van der Waals surface area (Å²) >= 11 is 5.96. The van der Waals surface area contributed by atoms with Gasteiger partial charge in [0.1, 0.15) is 6.10 Å². The van der Waals surface area contributed by atoms with Gasteiger partial charge < -0.3 is 14.5 Å². The average molecular weight is 524 g/mol. The monoisotopic (exact) mass is 523 g/mol. The lowest BCUT2D eigenvalue weighted by molar-refractivity contribution is -0.138. The zero-order valence-electron chi connectivity index (χ0n) is 20.2. The fourth-order valence-corrected chi connectivity index (χ4v) is 5.72. The second kappa shape index (κ2) is 9.37. The molecule has 36 heavy (non-hydrogen) atoms. The molecule has 1 aromatic heterocycles. The molecule has 2 atom stereocenters. The standard InChI is InChI=1S/C25H29ClF3N5O2/c1-16-12-34(17(2)11-33(16)22-30-9-19(10-31-22)25(27,28)29)23(35)36-21-7-24(8-21)14-32(15-24)13-18-3-5-20(26)6-4-18/h3-6,9-10,16-17,21H,7-8,11-15H2,1-2H3/t16-,17+/m0/s1. The topological polar surface area (TPSA) is 61.8 Å². The van der Waals surface area contributed by atoms with Gasteiger partial charge in [-0.1, -0.05) is 23.7 Å². The SMILES string of the molecule is C[C@@H]1CN(c2ncc(C(F)(F)F)cn2)[C@@H](C)CN1C(=O)OC1CC2(C1)CN(Cc1ccc(Cl)cc1)C2. The van der Waals surface area contributed by atoms with Crippen molar-refractivity contribution in [2.75, 3.05) is 31.1 Å². The number of amides is 1. The molecule has 3 aliphatic rings. The van der Waals surface area contributed by atoms with E-state index < -0.39 is 11.7 Å². The Kier molecular flexibility index (Phi) is 6.53. The van der Waals surface area contributed by atoms with Crippen LogP contribution in [0.4, 0.5) is 23.9 Å². The van der Waals surface area contributed by atoms with Crippen LogP contribution in [0.2, 0.25) is 5.02 Å². The third-order valence-electron chi connectivity index (χ3n) is 7.47. The largest absolute Gasteiger partial charge is 0.446 e. The summed E-state index contributed by atoms with van der Waals surface area (Å²) in [5.41, 5.74) is 0.599. The van der Waals surface area contributed by atoms with Gasteiger partial charge >= 0.3 is 12.3 Å². The minimum Gasteiger partial charge on any atom is -0.446 e. The minimum absolute atomic E-state index is 0.0750. The first kappa shape index (κ1) is 25.1. The van der Waals surface area contributed by atoms with E-state index in [9.17, 15) is 18.0 Å². The molecule has 1 spiro atoms. The Hall–Kier alpha value is -2.59. The maximum absolute atomic E-state index is 12.9. The number of halogens is 4. The quantitative estimate of drug-likeness (QED) is 0.571. The molecule has 1 aliphatic carbocycles. The Morgan fingerprint density at radius 3 is 2.33 bits per heavy atom. The van der Waals surface area contributed by atoms with Crippen molar-refractivity contribution in [1.29, 1.82) is 0 Å². The van der Waals surface area contributed by atoms with Gasteiger partial charge in [-0.25, -0.2) is 14.8 Å². The molecule has 5 rings (SSSR count). The molecular weight excluding hydrogens is 495 g/mol. The maximum Gasteiger partial charge on any atom is 0.419 e. The Balaban J connectivity index is 1.08. The molecule has 0 radical (unpaired) electrons. The predicted molar refractivity (Wildman–Crippen MR) is 129 cm³/mol. The van der Waals surface area contributed by atoms with Gasteiger partial charge in [0.15, 0.2) is 0 Å². The van der Waals surface area contributed by atoms with E-state index in [-0.39, 0.29) is 35.6 Å². The van der Waals surface area contributed by atoms with E-state index >= 15 is 0 Å². The van der Waals surface area contributed by atoms with Crippen LogP contribution in [0.5, 0.6) is 0 Å². The van der Waals surface area contributed by atoms with Gasteiger partial charge in [0.05, 0.1) is 5.56 Å². The highest BCUT2D eigenvalue weighted by Crippen LogP contribution is 2.50. The molecule has 3 fully saturated rings. The highest BCUT2D eigenvalue weighted by Gasteiger charge is 2.54. The van der Waals surface area contributed by atoms with Crippen molar-refractivity contribution in [2.45, 2.75) is 57.6 Å². The number of carbonyl (C=O) groups is 1. The molecule has 2 saturated heterocycles. The molecular formula is C25H29ClF3N5O2. The predicted octanol–water partition coefficient (Wildman–Crippen LogP) is 4.85. The normalized spacial score (nSPS) is 24.4. The van der Waals surface area contributed by atoms with Gasteiger partial charge in [-0.2, -0.15) is 13.2 Å². The van der Waals surface area contributed by atoms with Crippen molar-refractivity contribution >= 4 is 23.6 Å². The summed E-state index contributed by atoms with van der Waals surface area (Å²) in [7, 11) is 0. The van der Waals surface area contributed by atoms with E-state index in [1.165, 1.54) is 5.56 Å². The van der Waals surface area contributed by atoms with Crippen LogP contribution in [-0.4, -0.2) is 70.2 Å². The van der Waals surface area contributed by atoms with Crippen molar-refractivity contribution in [3.63, 3.8) is 0 Å². The summed E-state index contributed by atoms with van der Waals surface area (Å²) in [6.45, 7) is 7.49. The van der Waals surface area contributed by atoms with Gasteiger partial charge in [0, 0.05) is 67.6 Å². The van der Waals surface area contributed by atoms with Crippen LogP contribution in [0.15, 0.2) is 36.7 Å². The number of carbonyl (C=O) groups excluding carboxylic acids is 1. The van der Waals surface area contributed by atoms with Crippen molar-refractivity contribution in [1.82, 2.24) is 19.8 Å². The molecule has 194 valence electrons. The summed E-state index contributed by atoms with van der Waals surface area (Å²) in [6.07, 6.45) is -1.55. The molecule has 3 heterocycles. The van der Waals surface area contributed by atoms with Crippen LogP contribution in [0, 0.1) is 5.41 Å². The van der Waals surface area contributed by atoms with Gasteiger partial charge in [0.25, 0.3) is 0 Å². The number of ether oxygens (including phenoxy) is 1. The van der Waals surface area contributed by atoms with E-state index in [0.717, 1.165) is 49.9 Å². The summed E-state index contributed by atoms with van der Waals surface area (Å²) in [5, 5.41) is 0.737. The van der Waals surface area contributed by atoms with Gasteiger partial charge in [-0.15, -0.1) is 0 Å². The number of anilines is 1. The fraction of sp³-hybridized carbons (Fsp3) is 0.560. The average Bonchev–Trinajstić information content (AvgIpc) is 2.78. The second-order valence-electron chi connectivity index (χ2n) is 10.5. The molecule has 7 nitrogen and oxygen atoms in total. The van der Waals surface area contributed by atoms with E-state index in [0.29, 0.717) is 13.1 Å². The van der Waals surface area contributed by atoms with Crippen LogP contribution in [0.25, 0.3) is 0 Å². The molecule has 2 aromatic rings. The lowest BCUT2D eigenvalue weighted by atomic mass is 9.61. The summed E-state index contributed by atoms with van der Waals surface area (Å²) < 4.78 is 44.3. The lowest BCUT2D eigenvalue weighted by Gasteiger charge is -2.58. The first-order chi connectivity index (χ1) is 17.0. The van der Waals surface area contributed by atoms with E-state index in [1.54, 1.807) is 4.90 Å². The number of rotatable bonds is 4. The minimum atomic E-state index is -4.48. The van der Waals surface area contributed by atoms with Crippen LogP contribution in [-0.2, 0) is 17.5 Å². The van der Waals surface area contributed by atoms with Crippen molar-refractivity contribution in [3.05, 3.63) is 52.8 Å². The molecule has 0 bridgehead atoms. The van der Waals surface area contributed by atoms with E-state index in [4.69, 9.17) is 16.3 Å². The number of alkyl halides is 3. The molecule has 1 saturated carbocycles. The number of likely N-dealkylation sites (tertiary alicyclic amines) is 1. The van der Waals surface area contributed by atoms with Crippen molar-refractivity contribution in [3.8, 4) is 0 Å².